The summed E-state index contributed by atoms with van der Waals surface area (Å²) in [5.74, 6) is 0.592. The van der Waals surface area contributed by atoms with Crippen LogP contribution in [0.5, 0.6) is 0 Å². The molecule has 1 fully saturated rings. The zero-order valence-electron chi connectivity index (χ0n) is 14.0. The molecule has 6 nitrogen and oxygen atoms in total. The largest absolute Gasteiger partial charge is 0.365 e. The normalized spacial score (nSPS) is 17.3. The number of nitrogens with one attached hydrogen (secondary N) is 2. The minimum absolute atomic E-state index is 0.0230. The van der Waals surface area contributed by atoms with Crippen LogP contribution in [0.2, 0.25) is 0 Å². The summed E-state index contributed by atoms with van der Waals surface area (Å²) >= 11 is 0. The molecule has 0 saturated heterocycles. The van der Waals surface area contributed by atoms with Gasteiger partial charge in [-0.1, -0.05) is 25.7 Å². The van der Waals surface area contributed by atoms with Crippen LogP contribution in [0.4, 0.5) is 5.95 Å². The van der Waals surface area contributed by atoms with Crippen LogP contribution < -0.4 is 10.6 Å². The molecule has 1 atom stereocenters. The molecule has 1 amide bonds. The molecule has 1 saturated carbocycles. The van der Waals surface area contributed by atoms with Gasteiger partial charge in [-0.2, -0.15) is 0 Å². The molecule has 128 valence electrons. The number of rotatable bonds is 8. The fourth-order valence-electron chi connectivity index (χ4n) is 2.76. The Kier molecular flexibility index (Phi) is 7.80. The van der Waals surface area contributed by atoms with E-state index in [0.29, 0.717) is 12.5 Å². The van der Waals surface area contributed by atoms with Crippen LogP contribution in [0.3, 0.4) is 0 Å². The fourth-order valence-corrected chi connectivity index (χ4v) is 2.76. The Morgan fingerprint density at radius 3 is 2.61 bits per heavy atom. The Bertz CT molecular complexity index is 447. The number of amides is 1. The minimum atomic E-state index is -0.372. The van der Waals surface area contributed by atoms with Gasteiger partial charge >= 0.3 is 0 Å². The second kappa shape index (κ2) is 10.2. The molecule has 23 heavy (non-hydrogen) atoms. The zero-order chi connectivity index (χ0) is 16.3. The van der Waals surface area contributed by atoms with Gasteiger partial charge in [0.05, 0.1) is 6.10 Å². The minimum Gasteiger partial charge on any atom is -0.365 e. The van der Waals surface area contributed by atoms with Crippen LogP contribution in [0.25, 0.3) is 0 Å². The van der Waals surface area contributed by atoms with Gasteiger partial charge in [0.15, 0.2) is 0 Å². The molecule has 0 aliphatic heterocycles. The maximum atomic E-state index is 12.1. The third kappa shape index (κ3) is 6.95. The molecule has 1 aliphatic carbocycles. The molecule has 2 N–H and O–H groups in total. The highest BCUT2D eigenvalue weighted by atomic mass is 16.5. The number of hydrogen-bond acceptors (Lipinski definition) is 5. The first-order valence-electron chi connectivity index (χ1n) is 8.70. The van der Waals surface area contributed by atoms with Crippen molar-refractivity contribution in [1.82, 2.24) is 15.3 Å². The molecule has 0 bridgehead atoms. The molecule has 0 unspecified atom stereocenters. The van der Waals surface area contributed by atoms with E-state index in [1.54, 1.807) is 18.5 Å². The summed E-state index contributed by atoms with van der Waals surface area (Å²) in [6.45, 7) is 3.19. The third-order valence-corrected chi connectivity index (χ3v) is 4.07. The molecular weight excluding hydrogens is 292 g/mol. The number of carbonyl (C=O) groups is 1. The second-order valence-corrected chi connectivity index (χ2v) is 6.04. The summed E-state index contributed by atoms with van der Waals surface area (Å²) in [7, 11) is 0. The maximum absolute atomic E-state index is 12.1. The first-order chi connectivity index (χ1) is 11.3. The topological polar surface area (TPSA) is 76.1 Å². The first-order valence-corrected chi connectivity index (χ1v) is 8.70. The summed E-state index contributed by atoms with van der Waals surface area (Å²) in [6, 6.07) is 1.78. The molecule has 0 aromatic carbocycles. The lowest BCUT2D eigenvalue weighted by atomic mass is 10.1. The van der Waals surface area contributed by atoms with Gasteiger partial charge in [0.1, 0.15) is 6.10 Å². The Morgan fingerprint density at radius 1 is 1.22 bits per heavy atom. The van der Waals surface area contributed by atoms with Gasteiger partial charge in [0, 0.05) is 25.5 Å². The predicted octanol–water partition coefficient (Wildman–Crippen LogP) is 2.52. The van der Waals surface area contributed by atoms with Gasteiger partial charge in [-0.15, -0.1) is 0 Å². The van der Waals surface area contributed by atoms with Crippen molar-refractivity contribution in [2.75, 3.05) is 18.4 Å². The predicted molar refractivity (Wildman–Crippen MR) is 90.2 cm³/mol. The number of aromatic nitrogens is 2. The number of anilines is 1. The van der Waals surface area contributed by atoms with Crippen molar-refractivity contribution in [3.05, 3.63) is 18.5 Å². The van der Waals surface area contributed by atoms with Crippen LogP contribution in [0.1, 0.15) is 51.9 Å². The highest BCUT2D eigenvalue weighted by Gasteiger charge is 2.19. The standard InChI is InChI=1S/C17H28N4O2/c1-14(23-15-8-4-2-3-5-9-15)16(22)18-10-6-11-19-17-20-12-7-13-21-17/h7,12-15H,2-6,8-11H2,1H3,(H,18,22)(H,19,20,21)/t14-/m1/s1. The van der Waals surface area contributed by atoms with Crippen LogP contribution in [-0.2, 0) is 9.53 Å². The quantitative estimate of drug-likeness (QED) is 0.568. The first kappa shape index (κ1) is 17.7. The van der Waals surface area contributed by atoms with Crippen molar-refractivity contribution < 1.29 is 9.53 Å². The van der Waals surface area contributed by atoms with Crippen molar-refractivity contribution >= 4 is 11.9 Å². The van der Waals surface area contributed by atoms with Crippen molar-refractivity contribution in [2.24, 2.45) is 0 Å². The van der Waals surface area contributed by atoms with Gasteiger partial charge in [0.25, 0.3) is 0 Å². The Hall–Kier alpha value is -1.69. The van der Waals surface area contributed by atoms with E-state index in [-0.39, 0.29) is 18.1 Å². The average Bonchev–Trinajstić information content (AvgIpc) is 2.84. The van der Waals surface area contributed by atoms with Crippen LogP contribution in [-0.4, -0.2) is 41.2 Å². The van der Waals surface area contributed by atoms with E-state index in [1.807, 2.05) is 6.92 Å². The fraction of sp³-hybridized carbons (Fsp3) is 0.706. The summed E-state index contributed by atoms with van der Waals surface area (Å²) in [4.78, 5) is 20.2. The number of ether oxygens (including phenoxy) is 1. The molecule has 0 spiro atoms. The third-order valence-electron chi connectivity index (χ3n) is 4.07. The molecule has 1 aliphatic rings. The lowest BCUT2D eigenvalue weighted by molar-refractivity contribution is -0.135. The zero-order valence-corrected chi connectivity index (χ0v) is 14.0. The second-order valence-electron chi connectivity index (χ2n) is 6.04. The monoisotopic (exact) mass is 320 g/mol. The van der Waals surface area contributed by atoms with Gasteiger partial charge in [-0.3, -0.25) is 4.79 Å². The van der Waals surface area contributed by atoms with Gasteiger partial charge in [-0.25, -0.2) is 9.97 Å². The Balaban J connectivity index is 1.56. The number of nitrogens with zero attached hydrogens (tertiary/aromatic N) is 2. The van der Waals surface area contributed by atoms with Gasteiger partial charge < -0.3 is 15.4 Å². The summed E-state index contributed by atoms with van der Waals surface area (Å²) in [5.41, 5.74) is 0. The molecule has 6 heteroatoms. The van der Waals surface area contributed by atoms with Crippen molar-refractivity contribution in [3.8, 4) is 0 Å². The Labute approximate surface area is 138 Å². The highest BCUT2D eigenvalue weighted by molar-refractivity contribution is 5.80. The van der Waals surface area contributed by atoms with Gasteiger partial charge in [-0.05, 0) is 32.3 Å². The van der Waals surface area contributed by atoms with Crippen molar-refractivity contribution in [2.45, 2.75) is 64.1 Å². The van der Waals surface area contributed by atoms with Crippen LogP contribution in [0, 0.1) is 0 Å². The van der Waals surface area contributed by atoms with Crippen LogP contribution in [0.15, 0.2) is 18.5 Å². The molecule has 1 heterocycles. The molecule has 1 aromatic heterocycles. The van der Waals surface area contributed by atoms with E-state index < -0.39 is 0 Å². The van der Waals surface area contributed by atoms with E-state index in [0.717, 1.165) is 25.8 Å². The van der Waals surface area contributed by atoms with Crippen LogP contribution >= 0.6 is 0 Å². The van der Waals surface area contributed by atoms with Crippen molar-refractivity contribution in [1.29, 1.82) is 0 Å². The molecule has 0 radical (unpaired) electrons. The number of hydrogen-bond donors (Lipinski definition) is 2. The average molecular weight is 320 g/mol. The summed E-state index contributed by atoms with van der Waals surface area (Å²) < 4.78 is 5.91. The van der Waals surface area contributed by atoms with E-state index >= 15 is 0 Å². The summed E-state index contributed by atoms with van der Waals surface area (Å²) in [6.07, 6.45) is 11.3. The Morgan fingerprint density at radius 2 is 1.91 bits per heavy atom. The summed E-state index contributed by atoms with van der Waals surface area (Å²) in [5, 5.41) is 6.04. The van der Waals surface area contributed by atoms with E-state index in [1.165, 1.54) is 25.7 Å². The number of carbonyl (C=O) groups excluding carboxylic acids is 1. The van der Waals surface area contributed by atoms with Gasteiger partial charge in [0.2, 0.25) is 11.9 Å². The molecule has 2 rings (SSSR count). The van der Waals surface area contributed by atoms with Crippen molar-refractivity contribution in [3.63, 3.8) is 0 Å². The van der Waals surface area contributed by atoms with E-state index in [2.05, 4.69) is 20.6 Å². The van der Waals surface area contributed by atoms with E-state index in [9.17, 15) is 4.79 Å². The SMILES string of the molecule is C[C@@H](OC1CCCCCC1)C(=O)NCCCNc1ncccn1. The van der Waals surface area contributed by atoms with E-state index in [4.69, 9.17) is 4.74 Å². The molecular formula is C17H28N4O2. The molecule has 1 aromatic rings. The lowest BCUT2D eigenvalue weighted by Crippen LogP contribution is -2.37. The lowest BCUT2D eigenvalue weighted by Gasteiger charge is -2.20. The smallest absolute Gasteiger partial charge is 0.248 e. The highest BCUT2D eigenvalue weighted by Crippen LogP contribution is 2.20. The maximum Gasteiger partial charge on any atom is 0.248 e.